The summed E-state index contributed by atoms with van der Waals surface area (Å²) in [5.74, 6) is 1.46. The zero-order chi connectivity index (χ0) is 22.6. The van der Waals surface area contributed by atoms with Crippen LogP contribution in [0.3, 0.4) is 0 Å². The fourth-order valence-electron chi connectivity index (χ4n) is 4.12. The number of hydrogen-bond donors (Lipinski definition) is 1. The Balaban J connectivity index is 1.55. The predicted molar refractivity (Wildman–Crippen MR) is 131 cm³/mol. The summed E-state index contributed by atoms with van der Waals surface area (Å²) in [6, 6.07) is 15.4. The molecule has 0 fully saturated rings. The van der Waals surface area contributed by atoms with E-state index < -0.39 is 0 Å². The normalized spacial score (nSPS) is 11.1. The standard InChI is InChI=1S/C27H37N3O2/c1-3-4-5-6-7-8-9-10-13-19-30-25-18-12-11-17-24(25)29-26(30)21-28-27(31)22-15-14-16-23(20-22)32-2/h11-12,14-18,20H,3-10,13,19,21H2,1-2H3,(H,28,31). The molecule has 32 heavy (non-hydrogen) atoms. The molecule has 3 aromatic rings. The molecule has 0 bridgehead atoms. The molecule has 172 valence electrons. The monoisotopic (exact) mass is 435 g/mol. The van der Waals surface area contributed by atoms with Crippen LogP contribution in [0.25, 0.3) is 11.0 Å². The van der Waals surface area contributed by atoms with E-state index in [1.165, 1.54) is 51.4 Å². The predicted octanol–water partition coefficient (Wildman–Crippen LogP) is 6.51. The zero-order valence-corrected chi connectivity index (χ0v) is 19.6. The van der Waals surface area contributed by atoms with Crippen molar-refractivity contribution in [3.05, 3.63) is 59.9 Å². The highest BCUT2D eigenvalue weighted by Crippen LogP contribution is 2.18. The van der Waals surface area contributed by atoms with E-state index in [0.717, 1.165) is 29.8 Å². The SMILES string of the molecule is CCCCCCCCCCCn1c(CNC(=O)c2cccc(OC)c2)nc2ccccc21. The Morgan fingerprint density at radius 1 is 0.938 bits per heavy atom. The van der Waals surface area contributed by atoms with Crippen molar-refractivity contribution in [3.63, 3.8) is 0 Å². The maximum absolute atomic E-state index is 12.6. The van der Waals surface area contributed by atoms with Crippen LogP contribution >= 0.6 is 0 Å². The molecule has 0 aliphatic carbocycles. The van der Waals surface area contributed by atoms with E-state index in [9.17, 15) is 4.79 Å². The molecule has 5 heteroatoms. The number of rotatable bonds is 14. The van der Waals surface area contributed by atoms with Gasteiger partial charge in [-0.1, -0.05) is 76.5 Å². The summed E-state index contributed by atoms with van der Waals surface area (Å²) < 4.78 is 7.49. The molecular weight excluding hydrogens is 398 g/mol. The van der Waals surface area contributed by atoms with Crippen molar-refractivity contribution in [2.45, 2.75) is 77.8 Å². The third-order valence-corrected chi connectivity index (χ3v) is 5.96. The smallest absolute Gasteiger partial charge is 0.251 e. The van der Waals surface area contributed by atoms with E-state index in [0.29, 0.717) is 17.9 Å². The summed E-state index contributed by atoms with van der Waals surface area (Å²) in [5.41, 5.74) is 2.71. The number of aromatic nitrogens is 2. The van der Waals surface area contributed by atoms with Gasteiger partial charge in [-0.05, 0) is 36.8 Å². The minimum Gasteiger partial charge on any atom is -0.497 e. The number of carbonyl (C=O) groups is 1. The van der Waals surface area contributed by atoms with E-state index >= 15 is 0 Å². The number of amides is 1. The van der Waals surface area contributed by atoms with Crippen LogP contribution in [0.5, 0.6) is 5.75 Å². The number of fused-ring (bicyclic) bond motifs is 1. The van der Waals surface area contributed by atoms with Crippen LogP contribution in [0.4, 0.5) is 0 Å². The average Bonchev–Trinajstić information content (AvgIpc) is 3.19. The molecule has 1 aromatic heterocycles. The Labute approximate surface area is 192 Å². The second kappa shape index (κ2) is 12.9. The minimum absolute atomic E-state index is 0.120. The topological polar surface area (TPSA) is 56.2 Å². The van der Waals surface area contributed by atoms with Crippen molar-refractivity contribution in [2.75, 3.05) is 7.11 Å². The van der Waals surface area contributed by atoms with E-state index in [-0.39, 0.29) is 5.91 Å². The molecule has 3 rings (SSSR count). The molecule has 2 aromatic carbocycles. The number of ether oxygens (including phenoxy) is 1. The fraction of sp³-hybridized carbons (Fsp3) is 0.481. The van der Waals surface area contributed by atoms with Crippen LogP contribution in [0.1, 0.15) is 80.9 Å². The number of carbonyl (C=O) groups excluding carboxylic acids is 1. The first-order valence-electron chi connectivity index (χ1n) is 12.1. The molecule has 0 saturated heterocycles. The Kier molecular flexibility index (Phi) is 9.60. The van der Waals surface area contributed by atoms with E-state index in [1.807, 2.05) is 24.3 Å². The average molecular weight is 436 g/mol. The highest BCUT2D eigenvalue weighted by Gasteiger charge is 2.12. The second-order valence-electron chi connectivity index (χ2n) is 8.41. The first-order valence-corrected chi connectivity index (χ1v) is 12.1. The largest absolute Gasteiger partial charge is 0.497 e. The van der Waals surface area contributed by atoms with Crippen molar-refractivity contribution in [3.8, 4) is 5.75 Å². The van der Waals surface area contributed by atoms with Gasteiger partial charge in [0.15, 0.2) is 0 Å². The fourth-order valence-corrected chi connectivity index (χ4v) is 4.12. The molecule has 1 heterocycles. The molecule has 0 saturated carbocycles. The molecule has 0 aliphatic rings. The van der Waals surface area contributed by atoms with Crippen molar-refractivity contribution in [2.24, 2.45) is 0 Å². The third-order valence-electron chi connectivity index (χ3n) is 5.96. The number of methoxy groups -OCH3 is 1. The molecule has 0 spiro atoms. The van der Waals surface area contributed by atoms with Crippen molar-refractivity contribution in [1.29, 1.82) is 0 Å². The molecular formula is C27H37N3O2. The van der Waals surface area contributed by atoms with Gasteiger partial charge in [0.05, 0.1) is 24.7 Å². The van der Waals surface area contributed by atoms with Gasteiger partial charge < -0.3 is 14.6 Å². The lowest BCUT2D eigenvalue weighted by atomic mass is 10.1. The van der Waals surface area contributed by atoms with Gasteiger partial charge in [0.25, 0.3) is 5.91 Å². The van der Waals surface area contributed by atoms with Crippen molar-refractivity contribution in [1.82, 2.24) is 14.9 Å². The van der Waals surface area contributed by atoms with E-state index in [2.05, 4.69) is 28.9 Å². The highest BCUT2D eigenvalue weighted by atomic mass is 16.5. The zero-order valence-electron chi connectivity index (χ0n) is 19.6. The van der Waals surface area contributed by atoms with Gasteiger partial charge in [-0.15, -0.1) is 0 Å². The summed E-state index contributed by atoms with van der Waals surface area (Å²) in [7, 11) is 1.60. The second-order valence-corrected chi connectivity index (χ2v) is 8.41. The van der Waals surface area contributed by atoms with Crippen LogP contribution in [-0.2, 0) is 13.1 Å². The van der Waals surface area contributed by atoms with Gasteiger partial charge in [-0.3, -0.25) is 4.79 Å². The van der Waals surface area contributed by atoms with Gasteiger partial charge in [-0.2, -0.15) is 0 Å². The van der Waals surface area contributed by atoms with Crippen molar-refractivity contribution < 1.29 is 9.53 Å². The highest BCUT2D eigenvalue weighted by molar-refractivity contribution is 5.94. The minimum atomic E-state index is -0.120. The van der Waals surface area contributed by atoms with E-state index in [4.69, 9.17) is 9.72 Å². The molecule has 1 amide bonds. The molecule has 1 N–H and O–H groups in total. The summed E-state index contributed by atoms with van der Waals surface area (Å²) in [6.45, 7) is 3.60. The Morgan fingerprint density at radius 3 is 2.41 bits per heavy atom. The van der Waals surface area contributed by atoms with Crippen LogP contribution in [0.2, 0.25) is 0 Å². The first kappa shape index (κ1) is 23.8. The van der Waals surface area contributed by atoms with Crippen LogP contribution in [0, 0.1) is 0 Å². The number of imidazole rings is 1. The Morgan fingerprint density at radius 2 is 1.66 bits per heavy atom. The number of para-hydroxylation sites is 2. The number of unbranched alkanes of at least 4 members (excludes halogenated alkanes) is 8. The lowest BCUT2D eigenvalue weighted by Gasteiger charge is -2.11. The maximum atomic E-state index is 12.6. The van der Waals surface area contributed by atoms with Gasteiger partial charge in [0.2, 0.25) is 0 Å². The van der Waals surface area contributed by atoms with Crippen LogP contribution in [0.15, 0.2) is 48.5 Å². The lowest BCUT2D eigenvalue weighted by molar-refractivity contribution is 0.0949. The number of nitrogens with zero attached hydrogens (tertiary/aromatic N) is 2. The van der Waals surface area contributed by atoms with Crippen molar-refractivity contribution >= 4 is 16.9 Å². The number of aryl methyl sites for hydroxylation is 1. The van der Waals surface area contributed by atoms with Crippen LogP contribution in [-0.4, -0.2) is 22.6 Å². The molecule has 0 atom stereocenters. The molecule has 0 unspecified atom stereocenters. The van der Waals surface area contributed by atoms with Crippen LogP contribution < -0.4 is 10.1 Å². The van der Waals surface area contributed by atoms with Gasteiger partial charge >= 0.3 is 0 Å². The quantitative estimate of drug-likeness (QED) is 0.294. The van der Waals surface area contributed by atoms with Gasteiger partial charge in [-0.25, -0.2) is 4.98 Å². The van der Waals surface area contributed by atoms with E-state index in [1.54, 1.807) is 19.2 Å². The first-order chi connectivity index (χ1) is 15.7. The number of nitrogens with one attached hydrogen (secondary N) is 1. The Hall–Kier alpha value is -2.82. The number of benzene rings is 2. The molecule has 5 nitrogen and oxygen atoms in total. The van der Waals surface area contributed by atoms with Gasteiger partial charge in [0.1, 0.15) is 11.6 Å². The third kappa shape index (κ3) is 6.84. The summed E-state index contributed by atoms with van der Waals surface area (Å²) in [4.78, 5) is 17.4. The maximum Gasteiger partial charge on any atom is 0.251 e. The molecule has 0 aliphatic heterocycles. The summed E-state index contributed by atoms with van der Waals surface area (Å²) in [6.07, 6.45) is 11.8. The molecule has 0 radical (unpaired) electrons. The Bertz CT molecular complexity index is 980. The number of hydrogen-bond acceptors (Lipinski definition) is 3. The summed E-state index contributed by atoms with van der Waals surface area (Å²) in [5, 5.41) is 3.03. The lowest BCUT2D eigenvalue weighted by Crippen LogP contribution is -2.24. The summed E-state index contributed by atoms with van der Waals surface area (Å²) >= 11 is 0. The van der Waals surface area contributed by atoms with Gasteiger partial charge in [0, 0.05) is 12.1 Å².